The second-order valence-corrected chi connectivity index (χ2v) is 6.16. The minimum Gasteiger partial charge on any atom is -0.454 e. The van der Waals surface area contributed by atoms with Gasteiger partial charge in [-0.1, -0.05) is 37.6 Å². The van der Waals surface area contributed by atoms with E-state index in [0.29, 0.717) is 11.4 Å². The monoisotopic (exact) mass is 363 g/mol. The van der Waals surface area contributed by atoms with E-state index in [1.807, 2.05) is 12.1 Å². The van der Waals surface area contributed by atoms with Gasteiger partial charge >= 0.3 is 5.97 Å². The second kappa shape index (κ2) is 8.89. The lowest BCUT2D eigenvalue weighted by Crippen LogP contribution is -2.14. The topological polar surface area (TPSA) is 74.1 Å². The van der Waals surface area contributed by atoms with Crippen molar-refractivity contribution in [3.63, 3.8) is 0 Å². The van der Waals surface area contributed by atoms with Crippen molar-refractivity contribution in [2.45, 2.75) is 26.2 Å². The van der Waals surface area contributed by atoms with Crippen LogP contribution in [0.1, 0.15) is 46.0 Å². The molecule has 0 unspecified atom stereocenters. The first-order valence-electron chi connectivity index (χ1n) is 8.92. The Bertz CT molecular complexity index is 885. The summed E-state index contributed by atoms with van der Waals surface area (Å²) >= 11 is 0. The molecule has 2 aromatic heterocycles. The first-order chi connectivity index (χ1) is 13.2. The van der Waals surface area contributed by atoms with Crippen molar-refractivity contribution >= 4 is 11.8 Å². The summed E-state index contributed by atoms with van der Waals surface area (Å²) in [5.41, 5.74) is 2.03. The summed E-state index contributed by atoms with van der Waals surface area (Å²) in [7, 11) is 0. The Morgan fingerprint density at radius 1 is 1.07 bits per heavy atom. The first-order valence-corrected chi connectivity index (χ1v) is 8.92. The number of rotatable bonds is 8. The summed E-state index contributed by atoms with van der Waals surface area (Å²) < 4.78 is 6.71. The predicted molar refractivity (Wildman–Crippen MR) is 101 cm³/mol. The molecule has 0 fully saturated rings. The number of ether oxygens (including phenoxy) is 1. The molecule has 6 nitrogen and oxygen atoms in total. The molecule has 0 radical (unpaired) electrons. The Labute approximate surface area is 157 Å². The van der Waals surface area contributed by atoms with Crippen LogP contribution in [0.2, 0.25) is 0 Å². The molecule has 1 aromatic carbocycles. The number of ketones is 1. The van der Waals surface area contributed by atoms with Crippen LogP contribution in [0.5, 0.6) is 0 Å². The van der Waals surface area contributed by atoms with Gasteiger partial charge in [-0.25, -0.2) is 14.5 Å². The van der Waals surface area contributed by atoms with Gasteiger partial charge in [0.1, 0.15) is 0 Å². The zero-order valence-electron chi connectivity index (χ0n) is 15.2. The first kappa shape index (κ1) is 18.5. The SMILES string of the molecule is CCCCc1ccc(C(=O)COC(=O)c2ccc(-n3cccn3)nc2)cc1. The summed E-state index contributed by atoms with van der Waals surface area (Å²) in [4.78, 5) is 28.5. The number of carbonyl (C=O) groups excluding carboxylic acids is 2. The maximum absolute atomic E-state index is 12.2. The lowest BCUT2D eigenvalue weighted by molar-refractivity contribution is 0.0474. The van der Waals surface area contributed by atoms with Crippen molar-refractivity contribution in [1.29, 1.82) is 0 Å². The maximum Gasteiger partial charge on any atom is 0.340 e. The number of hydrogen-bond donors (Lipinski definition) is 0. The fourth-order valence-electron chi connectivity index (χ4n) is 2.58. The van der Waals surface area contributed by atoms with Crippen molar-refractivity contribution in [3.05, 3.63) is 77.7 Å². The molecule has 0 aliphatic rings. The van der Waals surface area contributed by atoms with Crippen LogP contribution in [0.25, 0.3) is 5.82 Å². The average molecular weight is 363 g/mol. The van der Waals surface area contributed by atoms with Crippen LogP contribution < -0.4 is 0 Å². The van der Waals surface area contributed by atoms with Gasteiger partial charge in [0, 0.05) is 24.2 Å². The molecular formula is C21H21N3O3. The van der Waals surface area contributed by atoms with Crippen LogP contribution in [0.3, 0.4) is 0 Å². The number of nitrogens with zero attached hydrogens (tertiary/aromatic N) is 3. The number of carbonyl (C=O) groups is 2. The van der Waals surface area contributed by atoms with E-state index in [2.05, 4.69) is 17.0 Å². The minimum absolute atomic E-state index is 0.230. The van der Waals surface area contributed by atoms with Gasteiger partial charge in [0.15, 0.2) is 18.2 Å². The molecule has 0 bridgehead atoms. The van der Waals surface area contributed by atoms with E-state index in [1.165, 1.54) is 11.8 Å². The average Bonchev–Trinajstić information content (AvgIpc) is 3.25. The quantitative estimate of drug-likeness (QED) is 0.451. The fourth-order valence-corrected chi connectivity index (χ4v) is 2.58. The lowest BCUT2D eigenvalue weighted by Gasteiger charge is -2.06. The third kappa shape index (κ3) is 4.88. The summed E-state index contributed by atoms with van der Waals surface area (Å²) in [5.74, 6) is -0.218. The van der Waals surface area contributed by atoms with E-state index >= 15 is 0 Å². The van der Waals surface area contributed by atoms with Gasteiger partial charge in [0.05, 0.1) is 5.56 Å². The van der Waals surface area contributed by atoms with Gasteiger partial charge in [-0.15, -0.1) is 0 Å². The number of benzene rings is 1. The van der Waals surface area contributed by atoms with Crippen molar-refractivity contribution in [2.24, 2.45) is 0 Å². The molecule has 0 aliphatic carbocycles. The number of aryl methyl sites for hydroxylation is 1. The zero-order chi connectivity index (χ0) is 19.1. The second-order valence-electron chi connectivity index (χ2n) is 6.16. The molecule has 0 aliphatic heterocycles. The van der Waals surface area contributed by atoms with Crippen molar-refractivity contribution < 1.29 is 14.3 Å². The summed E-state index contributed by atoms with van der Waals surface area (Å²) in [6.07, 6.45) is 8.07. The molecule has 0 N–H and O–H groups in total. The standard InChI is InChI=1S/C21H21N3O3/c1-2-3-5-16-6-8-17(9-7-16)19(25)15-27-21(26)18-10-11-20(22-14-18)24-13-4-12-23-24/h4,6-14H,2-3,5,15H2,1H3. The van der Waals surface area contributed by atoms with Crippen LogP contribution >= 0.6 is 0 Å². The minimum atomic E-state index is -0.581. The molecule has 3 rings (SSSR count). The van der Waals surface area contributed by atoms with Crippen LogP contribution in [0.4, 0.5) is 0 Å². The van der Waals surface area contributed by atoms with Crippen LogP contribution in [0, 0.1) is 0 Å². The smallest absolute Gasteiger partial charge is 0.340 e. The molecule has 0 saturated carbocycles. The molecule has 3 aromatic rings. The highest BCUT2D eigenvalue weighted by Crippen LogP contribution is 2.10. The number of unbranched alkanes of at least 4 members (excludes halogenated alkanes) is 1. The van der Waals surface area contributed by atoms with Gasteiger partial charge in [0.25, 0.3) is 0 Å². The Kier molecular flexibility index (Phi) is 6.10. The van der Waals surface area contributed by atoms with Crippen LogP contribution in [-0.4, -0.2) is 33.1 Å². The molecule has 138 valence electrons. The van der Waals surface area contributed by atoms with Gasteiger partial charge < -0.3 is 4.74 Å². The van der Waals surface area contributed by atoms with Gasteiger partial charge in [-0.2, -0.15) is 5.10 Å². The Hall–Kier alpha value is -3.28. The summed E-state index contributed by atoms with van der Waals surface area (Å²) in [5, 5.41) is 4.07. The maximum atomic E-state index is 12.2. The Morgan fingerprint density at radius 2 is 1.85 bits per heavy atom. The van der Waals surface area contributed by atoms with Crippen LogP contribution in [0.15, 0.2) is 61.1 Å². The molecule has 0 atom stereocenters. The van der Waals surface area contributed by atoms with E-state index in [9.17, 15) is 9.59 Å². The predicted octanol–water partition coefficient (Wildman–Crippen LogP) is 3.65. The van der Waals surface area contributed by atoms with E-state index in [1.54, 1.807) is 47.4 Å². The molecule has 0 spiro atoms. The highest BCUT2D eigenvalue weighted by Gasteiger charge is 2.12. The van der Waals surface area contributed by atoms with Crippen LogP contribution in [-0.2, 0) is 11.2 Å². The van der Waals surface area contributed by atoms with Gasteiger partial charge in [-0.05, 0) is 36.6 Å². The number of aromatic nitrogens is 3. The number of esters is 1. The third-order valence-electron chi connectivity index (χ3n) is 4.15. The Balaban J connectivity index is 1.54. The van der Waals surface area contributed by atoms with Gasteiger partial charge in [0.2, 0.25) is 0 Å². The van der Waals surface area contributed by atoms with Crippen molar-refractivity contribution in [1.82, 2.24) is 14.8 Å². The van der Waals surface area contributed by atoms with Gasteiger partial charge in [-0.3, -0.25) is 4.79 Å². The summed E-state index contributed by atoms with van der Waals surface area (Å²) in [6.45, 7) is 1.85. The Morgan fingerprint density at radius 3 is 2.48 bits per heavy atom. The van der Waals surface area contributed by atoms with E-state index < -0.39 is 5.97 Å². The van der Waals surface area contributed by atoms with Crippen molar-refractivity contribution in [2.75, 3.05) is 6.61 Å². The van der Waals surface area contributed by atoms with E-state index in [0.717, 1.165) is 19.3 Å². The van der Waals surface area contributed by atoms with E-state index in [4.69, 9.17) is 4.74 Å². The zero-order valence-corrected chi connectivity index (χ0v) is 15.2. The van der Waals surface area contributed by atoms with Crippen molar-refractivity contribution in [3.8, 4) is 5.82 Å². The molecule has 0 amide bonds. The number of hydrogen-bond acceptors (Lipinski definition) is 5. The molecule has 27 heavy (non-hydrogen) atoms. The fraction of sp³-hybridized carbons (Fsp3) is 0.238. The molecular weight excluding hydrogens is 342 g/mol. The highest BCUT2D eigenvalue weighted by molar-refractivity contribution is 5.99. The normalized spacial score (nSPS) is 10.6. The molecule has 0 saturated heterocycles. The number of pyridine rings is 1. The highest BCUT2D eigenvalue weighted by atomic mass is 16.5. The number of Topliss-reactive ketones (excluding diaryl/α,β-unsaturated/α-hetero) is 1. The molecule has 6 heteroatoms. The lowest BCUT2D eigenvalue weighted by atomic mass is 10.0. The summed E-state index contributed by atoms with van der Waals surface area (Å²) in [6, 6.07) is 12.5. The van der Waals surface area contributed by atoms with E-state index in [-0.39, 0.29) is 18.0 Å². The largest absolute Gasteiger partial charge is 0.454 e. The third-order valence-corrected chi connectivity index (χ3v) is 4.15. The molecule has 2 heterocycles.